The molecule has 2 N–H and O–H groups in total. The smallest absolute Gasteiger partial charge is 0.246 e. The fourth-order valence-electron chi connectivity index (χ4n) is 2.26. The maximum Gasteiger partial charge on any atom is 0.246 e. The molecule has 0 bridgehead atoms. The summed E-state index contributed by atoms with van der Waals surface area (Å²) in [4.78, 5) is 14.2. The van der Waals surface area contributed by atoms with Crippen molar-refractivity contribution < 1.29 is 9.53 Å². The van der Waals surface area contributed by atoms with E-state index in [-0.39, 0.29) is 5.91 Å². The number of likely N-dealkylation sites (N-methyl/N-ethyl adjacent to an activating group) is 1. The van der Waals surface area contributed by atoms with E-state index < -0.39 is 5.54 Å². The molecular weight excluding hydrogens is 312 g/mol. The Balaban J connectivity index is 1.94. The summed E-state index contributed by atoms with van der Waals surface area (Å²) < 4.78 is 5.61. The quantitative estimate of drug-likeness (QED) is 0.884. The molecule has 5 heteroatoms. The molecule has 4 nitrogen and oxygen atoms in total. The number of nitrogens with zero attached hydrogens (tertiary/aromatic N) is 1. The molecule has 0 aliphatic carbocycles. The predicted octanol–water partition coefficient (Wildman–Crippen LogP) is 3.05. The highest BCUT2D eigenvalue weighted by molar-refractivity contribution is 6.32. The highest BCUT2D eigenvalue weighted by atomic mass is 35.5. The maximum absolute atomic E-state index is 12.6. The number of ether oxygens (including phenoxy) is 1. The molecule has 23 heavy (non-hydrogen) atoms. The van der Waals surface area contributed by atoms with Gasteiger partial charge >= 0.3 is 0 Å². The molecule has 0 radical (unpaired) electrons. The van der Waals surface area contributed by atoms with Gasteiger partial charge in [0, 0.05) is 7.05 Å². The van der Waals surface area contributed by atoms with Crippen LogP contribution >= 0.6 is 11.6 Å². The predicted molar refractivity (Wildman–Crippen MR) is 92.6 cm³/mol. The summed E-state index contributed by atoms with van der Waals surface area (Å²) in [5.74, 6) is 0.444. The monoisotopic (exact) mass is 332 g/mol. The third-order valence-electron chi connectivity index (χ3n) is 3.69. The van der Waals surface area contributed by atoms with E-state index in [1.807, 2.05) is 42.5 Å². The van der Waals surface area contributed by atoms with Crippen LogP contribution in [0.4, 0.5) is 0 Å². The number of carbonyl (C=O) groups excluding carboxylic acids is 1. The summed E-state index contributed by atoms with van der Waals surface area (Å²) in [6, 6.07) is 16.6. The zero-order valence-corrected chi connectivity index (χ0v) is 14.1. The van der Waals surface area contributed by atoms with Gasteiger partial charge < -0.3 is 15.4 Å². The van der Waals surface area contributed by atoms with Gasteiger partial charge in [-0.1, -0.05) is 54.1 Å². The molecule has 2 aromatic carbocycles. The molecule has 1 atom stereocenters. The van der Waals surface area contributed by atoms with E-state index in [0.29, 0.717) is 23.9 Å². The van der Waals surface area contributed by atoms with Crippen molar-refractivity contribution in [2.24, 2.45) is 5.73 Å². The van der Waals surface area contributed by atoms with Crippen LogP contribution in [0.25, 0.3) is 0 Å². The highest BCUT2D eigenvalue weighted by Gasteiger charge is 2.32. The Labute approximate surface area is 141 Å². The van der Waals surface area contributed by atoms with Gasteiger partial charge in [-0.2, -0.15) is 0 Å². The highest BCUT2D eigenvalue weighted by Crippen LogP contribution is 2.23. The number of rotatable bonds is 6. The van der Waals surface area contributed by atoms with Gasteiger partial charge in [-0.05, 0) is 24.6 Å². The second kappa shape index (κ2) is 7.49. The molecule has 0 fully saturated rings. The minimum Gasteiger partial charge on any atom is -0.490 e. The van der Waals surface area contributed by atoms with Crippen LogP contribution in [0.3, 0.4) is 0 Å². The molecule has 1 unspecified atom stereocenters. The fourth-order valence-corrected chi connectivity index (χ4v) is 2.45. The number of hydrogen-bond donors (Lipinski definition) is 1. The maximum atomic E-state index is 12.6. The number of benzene rings is 2. The number of carbonyl (C=O) groups is 1. The van der Waals surface area contributed by atoms with Gasteiger partial charge in [0.1, 0.15) is 17.9 Å². The van der Waals surface area contributed by atoms with Gasteiger partial charge in [-0.3, -0.25) is 4.79 Å². The normalized spacial score (nSPS) is 13.2. The standard InChI is InChI=1S/C18H21ClN2O2/c1-18(20,14-8-4-3-5-9-14)17(22)21(2)12-13-23-16-11-7-6-10-15(16)19/h3-11H,12-13,20H2,1-2H3. The van der Waals surface area contributed by atoms with Crippen molar-refractivity contribution in [1.82, 2.24) is 4.90 Å². The fraction of sp³-hybridized carbons (Fsp3) is 0.278. The summed E-state index contributed by atoms with van der Waals surface area (Å²) in [5, 5.41) is 0.550. The summed E-state index contributed by atoms with van der Waals surface area (Å²) >= 11 is 6.03. The lowest BCUT2D eigenvalue weighted by Gasteiger charge is -2.29. The number of hydrogen-bond acceptors (Lipinski definition) is 3. The first-order chi connectivity index (χ1) is 10.9. The van der Waals surface area contributed by atoms with Crippen LogP contribution in [0.5, 0.6) is 5.75 Å². The first kappa shape index (κ1) is 17.3. The van der Waals surface area contributed by atoms with E-state index >= 15 is 0 Å². The SMILES string of the molecule is CN(CCOc1ccccc1Cl)C(=O)C(C)(N)c1ccccc1. The molecule has 1 amide bonds. The molecule has 0 saturated carbocycles. The van der Waals surface area contributed by atoms with Crippen LogP contribution in [0.15, 0.2) is 54.6 Å². The zero-order valence-electron chi connectivity index (χ0n) is 13.3. The molecule has 0 heterocycles. The third-order valence-corrected chi connectivity index (χ3v) is 4.00. The van der Waals surface area contributed by atoms with Crippen LogP contribution in [-0.2, 0) is 10.3 Å². The van der Waals surface area contributed by atoms with Gasteiger partial charge in [0.15, 0.2) is 0 Å². The van der Waals surface area contributed by atoms with E-state index in [1.165, 1.54) is 0 Å². The lowest BCUT2D eigenvalue weighted by molar-refractivity contribution is -0.135. The summed E-state index contributed by atoms with van der Waals surface area (Å²) in [5.41, 5.74) is 5.95. The average molecular weight is 333 g/mol. The minimum atomic E-state index is -1.07. The van der Waals surface area contributed by atoms with Crippen LogP contribution in [0, 0.1) is 0 Å². The molecule has 0 saturated heterocycles. The topological polar surface area (TPSA) is 55.6 Å². The average Bonchev–Trinajstić information content (AvgIpc) is 2.56. The molecular formula is C18H21ClN2O2. The van der Waals surface area contributed by atoms with Crippen molar-refractivity contribution in [3.8, 4) is 5.75 Å². The third kappa shape index (κ3) is 4.24. The van der Waals surface area contributed by atoms with Crippen LogP contribution < -0.4 is 10.5 Å². The van der Waals surface area contributed by atoms with Gasteiger partial charge in [0.05, 0.1) is 11.6 Å². The van der Waals surface area contributed by atoms with Crippen molar-refractivity contribution in [1.29, 1.82) is 0 Å². The second-order valence-corrected chi connectivity index (χ2v) is 5.98. The van der Waals surface area contributed by atoms with Crippen molar-refractivity contribution in [2.45, 2.75) is 12.5 Å². The van der Waals surface area contributed by atoms with E-state index in [9.17, 15) is 4.79 Å². The van der Waals surface area contributed by atoms with Crippen LogP contribution in [0.1, 0.15) is 12.5 Å². The van der Waals surface area contributed by atoms with Crippen molar-refractivity contribution in [3.63, 3.8) is 0 Å². The van der Waals surface area contributed by atoms with Crippen molar-refractivity contribution in [2.75, 3.05) is 20.2 Å². The Morgan fingerprint density at radius 3 is 2.43 bits per heavy atom. The summed E-state index contributed by atoms with van der Waals surface area (Å²) in [7, 11) is 1.71. The Hall–Kier alpha value is -2.04. The molecule has 2 rings (SSSR count). The lowest BCUT2D eigenvalue weighted by Crippen LogP contribution is -2.50. The molecule has 0 aromatic heterocycles. The molecule has 122 valence electrons. The number of nitrogens with two attached hydrogens (primary N) is 1. The number of amides is 1. The summed E-state index contributed by atoms with van der Waals surface area (Å²) in [6.07, 6.45) is 0. The van der Waals surface area contributed by atoms with Gasteiger partial charge in [-0.15, -0.1) is 0 Å². The largest absolute Gasteiger partial charge is 0.490 e. The van der Waals surface area contributed by atoms with Crippen molar-refractivity contribution >= 4 is 17.5 Å². The zero-order chi connectivity index (χ0) is 16.9. The number of para-hydroxylation sites is 1. The Kier molecular flexibility index (Phi) is 5.64. The molecule has 0 spiro atoms. The van der Waals surface area contributed by atoms with E-state index in [2.05, 4.69) is 0 Å². The van der Waals surface area contributed by atoms with E-state index in [1.54, 1.807) is 31.0 Å². The van der Waals surface area contributed by atoms with E-state index in [4.69, 9.17) is 22.1 Å². The molecule has 0 aliphatic heterocycles. The first-order valence-corrected chi connectivity index (χ1v) is 7.78. The lowest BCUT2D eigenvalue weighted by atomic mass is 9.92. The minimum absolute atomic E-state index is 0.161. The van der Waals surface area contributed by atoms with Gasteiger partial charge in [0.2, 0.25) is 5.91 Å². The molecule has 2 aromatic rings. The Bertz CT molecular complexity index is 659. The van der Waals surface area contributed by atoms with Gasteiger partial charge in [-0.25, -0.2) is 0 Å². The van der Waals surface area contributed by atoms with E-state index in [0.717, 1.165) is 5.56 Å². The van der Waals surface area contributed by atoms with Crippen LogP contribution in [-0.4, -0.2) is 31.0 Å². The first-order valence-electron chi connectivity index (χ1n) is 7.40. The molecule has 0 aliphatic rings. The second-order valence-electron chi connectivity index (χ2n) is 5.57. The van der Waals surface area contributed by atoms with Crippen molar-refractivity contribution in [3.05, 3.63) is 65.2 Å². The number of halogens is 1. The summed E-state index contributed by atoms with van der Waals surface area (Å²) in [6.45, 7) is 2.48. The van der Waals surface area contributed by atoms with Gasteiger partial charge in [0.25, 0.3) is 0 Å². The Morgan fingerprint density at radius 2 is 1.78 bits per heavy atom. The van der Waals surface area contributed by atoms with Crippen LogP contribution in [0.2, 0.25) is 5.02 Å². The Morgan fingerprint density at radius 1 is 1.17 bits per heavy atom.